The van der Waals surface area contributed by atoms with E-state index in [2.05, 4.69) is 9.72 Å². The highest BCUT2D eigenvalue weighted by molar-refractivity contribution is 7.21. The van der Waals surface area contributed by atoms with E-state index in [0.717, 1.165) is 0 Å². The highest BCUT2D eigenvalue weighted by atomic mass is 32.1. The molecule has 1 aromatic carbocycles. The fourth-order valence-electron chi connectivity index (χ4n) is 2.25. The Bertz CT molecular complexity index is 977. The number of carbonyl (C=O) groups is 1. The van der Waals surface area contributed by atoms with Crippen LogP contribution in [0.4, 0.5) is 9.52 Å². The molecule has 0 unspecified atom stereocenters. The summed E-state index contributed by atoms with van der Waals surface area (Å²) in [5.74, 6) is -1.15. The quantitative estimate of drug-likeness (QED) is 0.681. The average Bonchev–Trinajstić information content (AvgIpc) is 2.99. The maximum atomic E-state index is 13.2. The molecule has 6 nitrogen and oxygen atoms in total. The molecule has 124 valence electrons. The van der Waals surface area contributed by atoms with Crippen LogP contribution in [0.15, 0.2) is 35.1 Å². The fraction of sp³-hybridized carbons (Fsp3) is 0.188. The third kappa shape index (κ3) is 2.65. The summed E-state index contributed by atoms with van der Waals surface area (Å²) in [4.78, 5) is 31.5. The van der Waals surface area contributed by atoms with Gasteiger partial charge in [0, 0.05) is 14.1 Å². The molecule has 0 spiro atoms. The number of aromatic nitrogens is 2. The molecule has 0 aliphatic heterocycles. The molecule has 0 amide bonds. The van der Waals surface area contributed by atoms with E-state index in [9.17, 15) is 14.0 Å². The van der Waals surface area contributed by atoms with E-state index in [1.54, 1.807) is 0 Å². The number of rotatable bonds is 3. The van der Waals surface area contributed by atoms with Crippen molar-refractivity contribution in [2.24, 2.45) is 0 Å². The van der Waals surface area contributed by atoms with E-state index < -0.39 is 17.3 Å². The molecule has 2 heterocycles. The van der Waals surface area contributed by atoms with Crippen molar-refractivity contribution in [3.05, 3.63) is 52.1 Å². The largest absolute Gasteiger partial charge is 0.465 e. The van der Waals surface area contributed by atoms with Crippen LogP contribution in [0, 0.1) is 5.82 Å². The Morgan fingerprint density at radius 1 is 1.29 bits per heavy atom. The summed E-state index contributed by atoms with van der Waals surface area (Å²) in [6.45, 7) is 0. The van der Waals surface area contributed by atoms with Gasteiger partial charge in [0.05, 0.1) is 12.8 Å². The minimum Gasteiger partial charge on any atom is -0.465 e. The van der Waals surface area contributed by atoms with Gasteiger partial charge in [0.25, 0.3) is 5.56 Å². The molecule has 24 heavy (non-hydrogen) atoms. The van der Waals surface area contributed by atoms with Gasteiger partial charge in [0.1, 0.15) is 21.7 Å². The van der Waals surface area contributed by atoms with Crippen molar-refractivity contribution in [1.29, 1.82) is 0 Å². The van der Waals surface area contributed by atoms with E-state index in [4.69, 9.17) is 0 Å². The number of nitrogens with zero attached hydrogens (tertiary/aromatic N) is 3. The second-order valence-corrected chi connectivity index (χ2v) is 6.20. The van der Waals surface area contributed by atoms with Gasteiger partial charge >= 0.3 is 5.97 Å². The van der Waals surface area contributed by atoms with Gasteiger partial charge in [-0.05, 0) is 30.3 Å². The summed E-state index contributed by atoms with van der Waals surface area (Å²) in [5.41, 5.74) is 0.291. The molecule has 0 aliphatic rings. The number of ether oxygens (including phenoxy) is 1. The average molecular weight is 347 g/mol. The van der Waals surface area contributed by atoms with Gasteiger partial charge in [-0.1, -0.05) is 11.3 Å². The van der Waals surface area contributed by atoms with Crippen LogP contribution in [0.3, 0.4) is 0 Å². The monoisotopic (exact) mass is 347 g/mol. The second-order valence-electron chi connectivity index (χ2n) is 5.25. The Labute approximate surface area is 140 Å². The fourth-order valence-corrected chi connectivity index (χ4v) is 3.24. The molecule has 3 rings (SSSR count). The third-order valence-corrected chi connectivity index (χ3v) is 4.64. The molecule has 0 fully saturated rings. The van der Waals surface area contributed by atoms with Crippen LogP contribution in [0.1, 0.15) is 10.4 Å². The van der Waals surface area contributed by atoms with Crippen molar-refractivity contribution < 1.29 is 13.9 Å². The summed E-state index contributed by atoms with van der Waals surface area (Å²) >= 11 is 1.31. The van der Waals surface area contributed by atoms with Gasteiger partial charge in [-0.25, -0.2) is 14.2 Å². The zero-order chi connectivity index (χ0) is 17.4. The Balaban J connectivity index is 2.38. The van der Waals surface area contributed by atoms with Crippen molar-refractivity contribution in [2.45, 2.75) is 0 Å². The summed E-state index contributed by atoms with van der Waals surface area (Å²) in [7, 11) is 4.87. The van der Waals surface area contributed by atoms with E-state index in [-0.39, 0.29) is 5.56 Å². The molecule has 2 aromatic heterocycles. The molecule has 0 bridgehead atoms. The molecule has 0 radical (unpaired) electrons. The smallest absolute Gasteiger partial charge is 0.343 e. The number of carbonyl (C=O) groups excluding carboxylic acids is 1. The Morgan fingerprint density at radius 3 is 2.54 bits per heavy atom. The number of halogens is 1. The SMILES string of the molecule is COC(=O)c1cc2nc(N(C)C)sc2n(-c2ccc(F)cc2)c1=O. The number of pyridine rings is 1. The lowest BCUT2D eigenvalue weighted by molar-refractivity contribution is 0.0598. The number of hydrogen-bond donors (Lipinski definition) is 0. The summed E-state index contributed by atoms with van der Waals surface area (Å²) in [6, 6.07) is 6.89. The molecule has 8 heteroatoms. The van der Waals surface area contributed by atoms with E-state index in [1.807, 2.05) is 19.0 Å². The lowest BCUT2D eigenvalue weighted by atomic mass is 10.2. The Hall–Kier alpha value is -2.74. The minimum absolute atomic E-state index is 0.120. The third-order valence-electron chi connectivity index (χ3n) is 3.41. The highest BCUT2D eigenvalue weighted by Gasteiger charge is 2.20. The standard InChI is InChI=1S/C16H14FN3O3S/c1-19(2)16-18-12-8-11(15(22)23-3)13(21)20(14(12)24-16)10-6-4-9(17)5-7-10/h4-8H,1-3H3. The second kappa shape index (κ2) is 6.04. The molecule has 0 aliphatic carbocycles. The predicted octanol–water partition coefficient (Wildman–Crippen LogP) is 2.44. The normalized spacial score (nSPS) is 10.8. The van der Waals surface area contributed by atoms with Gasteiger partial charge in [-0.3, -0.25) is 9.36 Å². The van der Waals surface area contributed by atoms with E-state index in [0.29, 0.717) is 21.2 Å². The lowest BCUT2D eigenvalue weighted by Crippen LogP contribution is -2.25. The topological polar surface area (TPSA) is 64.4 Å². The number of benzene rings is 1. The lowest BCUT2D eigenvalue weighted by Gasteiger charge is -2.09. The Morgan fingerprint density at radius 2 is 1.96 bits per heavy atom. The van der Waals surface area contributed by atoms with Crippen molar-refractivity contribution in [3.8, 4) is 5.69 Å². The van der Waals surface area contributed by atoms with Gasteiger partial charge in [-0.15, -0.1) is 0 Å². The van der Waals surface area contributed by atoms with Gasteiger partial charge < -0.3 is 9.64 Å². The highest BCUT2D eigenvalue weighted by Crippen LogP contribution is 2.29. The van der Waals surface area contributed by atoms with Crippen molar-refractivity contribution in [2.75, 3.05) is 26.1 Å². The number of thiazole rings is 1. The molecular formula is C16H14FN3O3S. The number of anilines is 1. The summed E-state index contributed by atoms with van der Waals surface area (Å²) in [6.07, 6.45) is 0. The molecule has 0 saturated heterocycles. The maximum Gasteiger partial charge on any atom is 0.343 e. The molecule has 0 atom stereocenters. The molecular weight excluding hydrogens is 333 g/mol. The first-order chi connectivity index (χ1) is 11.4. The van der Waals surface area contributed by atoms with Crippen LogP contribution in [0.5, 0.6) is 0 Å². The summed E-state index contributed by atoms with van der Waals surface area (Å²) < 4.78 is 19.2. The maximum absolute atomic E-state index is 13.2. The molecule has 3 aromatic rings. The van der Waals surface area contributed by atoms with E-state index >= 15 is 0 Å². The van der Waals surface area contributed by atoms with Crippen molar-refractivity contribution >= 4 is 32.8 Å². The molecule has 0 N–H and O–H groups in total. The van der Waals surface area contributed by atoms with Crippen molar-refractivity contribution in [3.63, 3.8) is 0 Å². The minimum atomic E-state index is -0.739. The zero-order valence-electron chi connectivity index (χ0n) is 13.2. The van der Waals surface area contributed by atoms with Crippen LogP contribution < -0.4 is 10.5 Å². The van der Waals surface area contributed by atoms with Gasteiger partial charge in [-0.2, -0.15) is 0 Å². The predicted molar refractivity (Wildman–Crippen MR) is 90.8 cm³/mol. The first-order valence-electron chi connectivity index (χ1n) is 7.00. The number of methoxy groups -OCH3 is 1. The van der Waals surface area contributed by atoms with Crippen molar-refractivity contribution in [1.82, 2.24) is 9.55 Å². The van der Waals surface area contributed by atoms with E-state index in [1.165, 1.54) is 53.3 Å². The van der Waals surface area contributed by atoms with Crippen LogP contribution in [-0.2, 0) is 4.74 Å². The Kier molecular flexibility index (Phi) is 4.06. The van der Waals surface area contributed by atoms with Gasteiger partial charge in [0.15, 0.2) is 5.13 Å². The van der Waals surface area contributed by atoms with Crippen LogP contribution in [0.25, 0.3) is 16.0 Å². The zero-order valence-corrected chi connectivity index (χ0v) is 14.1. The first-order valence-corrected chi connectivity index (χ1v) is 7.82. The van der Waals surface area contributed by atoms with Crippen LogP contribution >= 0.6 is 11.3 Å². The van der Waals surface area contributed by atoms with Crippen LogP contribution in [-0.4, -0.2) is 36.7 Å². The first kappa shape index (κ1) is 16.1. The summed E-state index contributed by atoms with van der Waals surface area (Å²) in [5, 5.41) is 0.683. The number of fused-ring (bicyclic) bond motifs is 1. The number of hydrogen-bond acceptors (Lipinski definition) is 6. The van der Waals surface area contributed by atoms with Crippen LogP contribution in [0.2, 0.25) is 0 Å². The van der Waals surface area contributed by atoms with Gasteiger partial charge in [0.2, 0.25) is 0 Å². The number of esters is 1. The molecule has 0 saturated carbocycles.